The molecule has 0 atom stereocenters. The molecule has 0 N–H and O–H groups in total. The fraction of sp³-hybridized carbons (Fsp3) is 0. The largest absolute Gasteiger partial charge is 0.455 e. The lowest BCUT2D eigenvalue weighted by Crippen LogP contribution is -2.01. The third-order valence-corrected chi connectivity index (χ3v) is 9.71. The summed E-state index contributed by atoms with van der Waals surface area (Å²) in [6.45, 7) is 0. The lowest BCUT2D eigenvalue weighted by atomic mass is 9.92. The third-order valence-electron chi connectivity index (χ3n) is 9.71. The molecule has 2 heterocycles. The van der Waals surface area contributed by atoms with Gasteiger partial charge in [0, 0.05) is 38.6 Å². The van der Waals surface area contributed by atoms with Gasteiger partial charge in [-0.05, 0) is 50.9 Å². The van der Waals surface area contributed by atoms with Crippen LogP contribution in [0.1, 0.15) is 0 Å². The Balaban J connectivity index is 1.29. The number of fused-ring (bicyclic) bond motifs is 5. The first-order chi connectivity index (χ1) is 25.3. The normalized spacial score (nSPS) is 11.5. The Morgan fingerprint density at radius 3 is 1.61 bits per heavy atom. The second-order valence-electron chi connectivity index (χ2n) is 12.7. The van der Waals surface area contributed by atoms with E-state index in [0.29, 0.717) is 17.5 Å². The summed E-state index contributed by atoms with van der Waals surface area (Å²) in [4.78, 5) is 15.7. The van der Waals surface area contributed by atoms with E-state index in [9.17, 15) is 0 Å². The average Bonchev–Trinajstić information content (AvgIpc) is 3.58. The maximum atomic E-state index is 6.79. The molecule has 4 heteroatoms. The summed E-state index contributed by atoms with van der Waals surface area (Å²) >= 11 is 0. The van der Waals surface area contributed by atoms with Gasteiger partial charge in [0.2, 0.25) is 0 Å². The van der Waals surface area contributed by atoms with Crippen molar-refractivity contribution in [2.75, 3.05) is 0 Å². The van der Waals surface area contributed by atoms with Gasteiger partial charge in [-0.1, -0.05) is 158 Å². The van der Waals surface area contributed by atoms with Gasteiger partial charge in [-0.15, -0.1) is 0 Å². The van der Waals surface area contributed by atoms with E-state index in [4.69, 9.17) is 19.4 Å². The highest BCUT2D eigenvalue weighted by atomic mass is 16.3. The molecule has 0 aliphatic heterocycles. The zero-order valence-corrected chi connectivity index (χ0v) is 27.5. The number of aromatic nitrogens is 3. The molecule has 10 rings (SSSR count). The Bertz CT molecular complexity index is 2900. The van der Waals surface area contributed by atoms with Gasteiger partial charge in [-0.25, -0.2) is 15.0 Å². The molecular formula is C47H29N3O. The highest BCUT2D eigenvalue weighted by Gasteiger charge is 2.22. The molecule has 2 aromatic heterocycles. The molecule has 4 nitrogen and oxygen atoms in total. The van der Waals surface area contributed by atoms with Gasteiger partial charge in [0.15, 0.2) is 17.5 Å². The Labute approximate surface area is 294 Å². The lowest BCUT2D eigenvalue weighted by molar-refractivity contribution is 0.670. The van der Waals surface area contributed by atoms with Gasteiger partial charge in [0.25, 0.3) is 0 Å². The molecule has 0 bridgehead atoms. The topological polar surface area (TPSA) is 51.8 Å². The molecule has 0 saturated carbocycles. The second kappa shape index (κ2) is 11.9. The summed E-state index contributed by atoms with van der Waals surface area (Å²) in [5, 5.41) is 6.61. The van der Waals surface area contributed by atoms with Crippen LogP contribution in [-0.4, -0.2) is 15.0 Å². The van der Waals surface area contributed by atoms with Crippen LogP contribution in [-0.2, 0) is 0 Å². The van der Waals surface area contributed by atoms with Crippen LogP contribution in [0.25, 0.3) is 99.9 Å². The highest BCUT2D eigenvalue weighted by molar-refractivity contribution is 6.21. The van der Waals surface area contributed by atoms with E-state index in [0.717, 1.165) is 82.4 Å². The van der Waals surface area contributed by atoms with Crippen molar-refractivity contribution in [3.05, 3.63) is 176 Å². The van der Waals surface area contributed by atoms with Crippen LogP contribution in [0.15, 0.2) is 180 Å². The van der Waals surface area contributed by atoms with Gasteiger partial charge in [-0.2, -0.15) is 0 Å². The van der Waals surface area contributed by atoms with Gasteiger partial charge in [0.05, 0.1) is 0 Å². The van der Waals surface area contributed by atoms with Crippen LogP contribution in [0.5, 0.6) is 0 Å². The second-order valence-corrected chi connectivity index (χ2v) is 12.7. The molecular weight excluding hydrogens is 623 g/mol. The molecule has 0 saturated heterocycles. The maximum absolute atomic E-state index is 6.79. The first kappa shape index (κ1) is 29.0. The van der Waals surface area contributed by atoms with Gasteiger partial charge in [0.1, 0.15) is 11.2 Å². The van der Waals surface area contributed by atoms with E-state index in [1.807, 2.05) is 54.6 Å². The number of hydrogen-bond donors (Lipinski definition) is 0. The zero-order chi connectivity index (χ0) is 33.7. The monoisotopic (exact) mass is 651 g/mol. The Morgan fingerprint density at radius 1 is 0.353 bits per heavy atom. The summed E-state index contributed by atoms with van der Waals surface area (Å²) < 4.78 is 6.79. The quantitative estimate of drug-likeness (QED) is 0.186. The lowest BCUT2D eigenvalue weighted by Gasteiger charge is -2.15. The van der Waals surface area contributed by atoms with Gasteiger partial charge < -0.3 is 4.42 Å². The van der Waals surface area contributed by atoms with Crippen LogP contribution in [0, 0.1) is 0 Å². The van der Waals surface area contributed by atoms with Crippen molar-refractivity contribution in [1.29, 1.82) is 0 Å². The van der Waals surface area contributed by atoms with Crippen LogP contribution in [0.2, 0.25) is 0 Å². The zero-order valence-electron chi connectivity index (χ0n) is 27.5. The molecule has 0 aliphatic rings. The molecule has 0 spiro atoms. The number of rotatable bonds is 5. The molecule has 8 aromatic carbocycles. The minimum Gasteiger partial charge on any atom is -0.455 e. The number of hydrogen-bond acceptors (Lipinski definition) is 4. The molecule has 51 heavy (non-hydrogen) atoms. The van der Waals surface area contributed by atoms with E-state index >= 15 is 0 Å². The summed E-state index contributed by atoms with van der Waals surface area (Å²) in [6.07, 6.45) is 0. The number of furan rings is 1. The Kier molecular flexibility index (Phi) is 6.78. The third kappa shape index (κ3) is 4.88. The number of benzene rings is 8. The van der Waals surface area contributed by atoms with E-state index in [1.165, 1.54) is 0 Å². The summed E-state index contributed by atoms with van der Waals surface area (Å²) in [6, 6.07) is 60.8. The predicted octanol–water partition coefficient (Wildman–Crippen LogP) is 12.4. The van der Waals surface area contributed by atoms with Crippen LogP contribution < -0.4 is 0 Å². The molecule has 0 fully saturated rings. The molecule has 0 amide bonds. The fourth-order valence-corrected chi connectivity index (χ4v) is 7.41. The molecule has 0 radical (unpaired) electrons. The predicted molar refractivity (Wildman–Crippen MR) is 209 cm³/mol. The maximum Gasteiger partial charge on any atom is 0.164 e. The van der Waals surface area contributed by atoms with E-state index in [1.54, 1.807) is 0 Å². The smallest absolute Gasteiger partial charge is 0.164 e. The van der Waals surface area contributed by atoms with Crippen molar-refractivity contribution in [3.63, 3.8) is 0 Å². The Hall–Kier alpha value is -6.91. The van der Waals surface area contributed by atoms with Crippen molar-refractivity contribution >= 4 is 43.5 Å². The molecule has 238 valence electrons. The Morgan fingerprint density at radius 2 is 0.902 bits per heavy atom. The number of nitrogens with zero attached hydrogens (tertiary/aromatic N) is 3. The first-order valence-electron chi connectivity index (χ1n) is 17.1. The van der Waals surface area contributed by atoms with Crippen LogP contribution in [0.4, 0.5) is 0 Å². The summed E-state index contributed by atoms with van der Waals surface area (Å²) in [7, 11) is 0. The van der Waals surface area contributed by atoms with Crippen LogP contribution in [0.3, 0.4) is 0 Å². The fourth-order valence-electron chi connectivity index (χ4n) is 7.41. The first-order valence-corrected chi connectivity index (χ1v) is 17.1. The molecule has 0 aliphatic carbocycles. The highest BCUT2D eigenvalue weighted by Crippen LogP contribution is 2.44. The van der Waals surface area contributed by atoms with E-state index < -0.39 is 0 Å². The summed E-state index contributed by atoms with van der Waals surface area (Å²) in [5.74, 6) is 1.82. The van der Waals surface area contributed by atoms with Crippen molar-refractivity contribution < 1.29 is 4.42 Å². The van der Waals surface area contributed by atoms with E-state index in [2.05, 4.69) is 121 Å². The van der Waals surface area contributed by atoms with Crippen molar-refractivity contribution in [3.8, 4) is 56.4 Å². The van der Waals surface area contributed by atoms with Crippen molar-refractivity contribution in [2.45, 2.75) is 0 Å². The van der Waals surface area contributed by atoms with Gasteiger partial charge >= 0.3 is 0 Å². The van der Waals surface area contributed by atoms with Crippen LogP contribution >= 0.6 is 0 Å². The SMILES string of the molecule is c1ccc(-c2nc(-c3ccc4ccccc4c3-c3ccccc3)nc(-c3cccc4oc5c(-c6ccccc6)c6ccccc6cc5c34)n2)cc1. The molecule has 10 aromatic rings. The standard InChI is InChI=1S/C47H29N3O/c1-4-16-31(17-5-1)41-35-23-12-10-15-30(35)27-28-38(41)47-49-45(33-20-8-3-9-21-33)48-46(50-47)37-25-14-26-40-43(37)39-29-34-22-11-13-24-36(34)42(44(39)51-40)32-18-6-2-7-19-32/h1-29H. The van der Waals surface area contributed by atoms with E-state index in [-0.39, 0.29) is 0 Å². The van der Waals surface area contributed by atoms with Crippen molar-refractivity contribution in [2.24, 2.45) is 0 Å². The van der Waals surface area contributed by atoms with Gasteiger partial charge in [-0.3, -0.25) is 0 Å². The minimum absolute atomic E-state index is 0.591. The van der Waals surface area contributed by atoms with Crippen molar-refractivity contribution in [1.82, 2.24) is 15.0 Å². The molecule has 0 unspecified atom stereocenters. The minimum atomic E-state index is 0.591. The summed E-state index contributed by atoms with van der Waals surface area (Å²) in [5.41, 5.74) is 8.78. The average molecular weight is 652 g/mol.